The molecule has 4 aromatic rings. The van der Waals surface area contributed by atoms with Gasteiger partial charge in [0.05, 0.1) is 23.0 Å². The van der Waals surface area contributed by atoms with Crippen LogP contribution < -0.4 is 4.72 Å². The van der Waals surface area contributed by atoms with E-state index < -0.39 is 31.1 Å². The summed E-state index contributed by atoms with van der Waals surface area (Å²) >= 11 is 1.14. The molecule has 14 heteroatoms. The van der Waals surface area contributed by atoms with Crippen molar-refractivity contribution in [3.05, 3.63) is 59.3 Å². The highest BCUT2D eigenvalue weighted by molar-refractivity contribution is 7.91. The standard InChI is InChI=1S/C18H16FN5O5S3/c1-31(25,26)16(17-24-23-15(29-17)9-21-32(2,27)28)18-22-12-5-3-10(7-13(12)30-18)11-4-6-14(19)20-8-11/h3-8,16,21H,9H2,1-2H3. The average molecular weight is 498 g/mol. The number of nitrogens with zero attached hydrogens (tertiary/aromatic N) is 4. The van der Waals surface area contributed by atoms with Gasteiger partial charge in [-0.15, -0.1) is 21.5 Å². The van der Waals surface area contributed by atoms with Crippen molar-refractivity contribution in [2.45, 2.75) is 11.8 Å². The Morgan fingerprint density at radius 3 is 2.50 bits per heavy atom. The second-order valence-corrected chi connectivity index (χ2v) is 12.0. The molecule has 1 N–H and O–H groups in total. The smallest absolute Gasteiger partial charge is 0.241 e. The molecule has 0 aliphatic rings. The zero-order chi connectivity index (χ0) is 23.1. The molecule has 0 amide bonds. The van der Waals surface area contributed by atoms with Crippen molar-refractivity contribution in [1.29, 1.82) is 0 Å². The van der Waals surface area contributed by atoms with Crippen molar-refractivity contribution in [3.8, 4) is 11.1 Å². The predicted octanol–water partition coefficient (Wildman–Crippen LogP) is 2.06. The van der Waals surface area contributed by atoms with Crippen LogP contribution in [0.3, 0.4) is 0 Å². The third-order valence-electron chi connectivity index (χ3n) is 4.31. The van der Waals surface area contributed by atoms with E-state index in [-0.39, 0.29) is 23.3 Å². The van der Waals surface area contributed by atoms with Crippen LogP contribution >= 0.6 is 11.3 Å². The second-order valence-electron chi connectivity index (χ2n) is 6.94. The van der Waals surface area contributed by atoms with Crippen LogP contribution in [0.1, 0.15) is 22.0 Å². The number of sulfone groups is 1. The number of hydrogen-bond donors (Lipinski definition) is 1. The highest BCUT2D eigenvalue weighted by atomic mass is 32.2. The van der Waals surface area contributed by atoms with Crippen LogP contribution in [0, 0.1) is 5.95 Å². The van der Waals surface area contributed by atoms with E-state index in [9.17, 15) is 21.2 Å². The maximum absolute atomic E-state index is 13.1. The normalized spacial score (nSPS) is 13.5. The maximum Gasteiger partial charge on any atom is 0.241 e. The summed E-state index contributed by atoms with van der Waals surface area (Å²) in [7, 11) is -7.25. The summed E-state index contributed by atoms with van der Waals surface area (Å²) in [6.45, 7) is -0.267. The molecule has 3 aromatic heterocycles. The van der Waals surface area contributed by atoms with E-state index in [4.69, 9.17) is 4.42 Å². The fourth-order valence-electron chi connectivity index (χ4n) is 2.89. The van der Waals surface area contributed by atoms with Crippen LogP contribution in [0.25, 0.3) is 21.3 Å². The number of nitrogens with one attached hydrogen (secondary N) is 1. The summed E-state index contributed by atoms with van der Waals surface area (Å²) in [5, 5.41) is 6.44. The van der Waals surface area contributed by atoms with Crippen molar-refractivity contribution >= 4 is 41.4 Å². The van der Waals surface area contributed by atoms with Crippen molar-refractivity contribution in [3.63, 3.8) is 0 Å². The van der Waals surface area contributed by atoms with Gasteiger partial charge in [-0.05, 0) is 29.8 Å². The first-order valence-electron chi connectivity index (χ1n) is 8.98. The Kier molecular flexibility index (Phi) is 5.79. The quantitative estimate of drug-likeness (QED) is 0.379. The minimum absolute atomic E-state index is 0.0775. The van der Waals surface area contributed by atoms with Gasteiger partial charge >= 0.3 is 0 Å². The Hall–Kier alpha value is -2.81. The molecule has 0 saturated heterocycles. The topological polar surface area (TPSA) is 145 Å². The SMILES string of the molecule is CS(=O)(=O)NCc1nnc(C(c2nc3ccc(-c4ccc(F)nc4)cc3s2)S(C)(=O)=O)o1. The summed E-state index contributed by atoms with van der Waals surface area (Å²) in [5.74, 6) is -0.873. The van der Waals surface area contributed by atoms with E-state index >= 15 is 0 Å². The molecule has 1 atom stereocenters. The molecule has 3 heterocycles. The van der Waals surface area contributed by atoms with Crippen molar-refractivity contribution < 1.29 is 25.6 Å². The van der Waals surface area contributed by atoms with Gasteiger partial charge in [-0.3, -0.25) is 0 Å². The molecular formula is C18H16FN5O5S3. The Bertz CT molecular complexity index is 1500. The van der Waals surface area contributed by atoms with Crippen LogP contribution in [0.5, 0.6) is 0 Å². The molecule has 32 heavy (non-hydrogen) atoms. The fourth-order valence-corrected chi connectivity index (χ4v) is 5.81. The molecule has 0 radical (unpaired) electrons. The number of thiazole rings is 1. The maximum atomic E-state index is 13.1. The van der Waals surface area contributed by atoms with E-state index in [0.29, 0.717) is 15.8 Å². The van der Waals surface area contributed by atoms with Gasteiger partial charge < -0.3 is 4.42 Å². The number of rotatable bonds is 7. The first kappa shape index (κ1) is 22.4. The van der Waals surface area contributed by atoms with E-state index in [0.717, 1.165) is 29.4 Å². The van der Waals surface area contributed by atoms with Gasteiger partial charge in [0, 0.05) is 18.0 Å². The van der Waals surface area contributed by atoms with Crippen molar-refractivity contribution in [2.75, 3.05) is 12.5 Å². The van der Waals surface area contributed by atoms with Gasteiger partial charge in [0.25, 0.3) is 0 Å². The zero-order valence-corrected chi connectivity index (χ0v) is 19.1. The molecule has 10 nitrogen and oxygen atoms in total. The lowest BCUT2D eigenvalue weighted by Gasteiger charge is -2.07. The lowest BCUT2D eigenvalue weighted by atomic mass is 10.1. The predicted molar refractivity (Wildman–Crippen MR) is 115 cm³/mol. The lowest BCUT2D eigenvalue weighted by Crippen LogP contribution is -2.21. The van der Waals surface area contributed by atoms with Gasteiger partial charge in [0.1, 0.15) is 5.01 Å². The average Bonchev–Trinajstić information content (AvgIpc) is 3.32. The second kappa shape index (κ2) is 8.27. The van der Waals surface area contributed by atoms with Crippen molar-refractivity contribution in [1.82, 2.24) is 24.9 Å². The summed E-state index contributed by atoms with van der Waals surface area (Å²) in [5.41, 5.74) is 2.03. The summed E-state index contributed by atoms with van der Waals surface area (Å²) in [4.78, 5) is 8.07. The van der Waals surface area contributed by atoms with Gasteiger partial charge in [0.15, 0.2) is 15.1 Å². The summed E-state index contributed by atoms with van der Waals surface area (Å²) in [6.07, 6.45) is 3.40. The van der Waals surface area contributed by atoms with Gasteiger partial charge in [-0.2, -0.15) is 4.39 Å². The number of hydrogen-bond acceptors (Lipinski definition) is 10. The molecule has 168 valence electrons. The van der Waals surface area contributed by atoms with Crippen LogP contribution in [0.15, 0.2) is 40.9 Å². The molecule has 1 aromatic carbocycles. The molecule has 1 unspecified atom stereocenters. The summed E-state index contributed by atoms with van der Waals surface area (Å²) < 4.78 is 69.0. The van der Waals surface area contributed by atoms with E-state index in [1.165, 1.54) is 12.3 Å². The molecule has 0 fully saturated rings. The molecule has 0 bridgehead atoms. The van der Waals surface area contributed by atoms with Crippen LogP contribution in [0.2, 0.25) is 0 Å². The fraction of sp³-hybridized carbons (Fsp3) is 0.222. The zero-order valence-electron chi connectivity index (χ0n) is 16.7. The Morgan fingerprint density at radius 1 is 1.09 bits per heavy atom. The molecule has 0 saturated carbocycles. The largest absolute Gasteiger partial charge is 0.422 e. The highest BCUT2D eigenvalue weighted by Crippen LogP contribution is 2.36. The first-order chi connectivity index (χ1) is 15.0. The Morgan fingerprint density at radius 2 is 1.84 bits per heavy atom. The van der Waals surface area contributed by atoms with Crippen LogP contribution in [-0.2, 0) is 26.4 Å². The minimum atomic E-state index is -3.75. The molecule has 0 aliphatic heterocycles. The van der Waals surface area contributed by atoms with E-state index in [2.05, 4.69) is 24.9 Å². The molecule has 0 spiro atoms. The van der Waals surface area contributed by atoms with E-state index in [1.54, 1.807) is 24.3 Å². The number of aromatic nitrogens is 4. The van der Waals surface area contributed by atoms with Gasteiger partial charge in [-0.25, -0.2) is 31.5 Å². The highest BCUT2D eigenvalue weighted by Gasteiger charge is 2.34. The number of benzene rings is 1. The Balaban J connectivity index is 1.70. The molecule has 4 rings (SSSR count). The van der Waals surface area contributed by atoms with Gasteiger partial charge in [-0.1, -0.05) is 6.07 Å². The van der Waals surface area contributed by atoms with E-state index in [1.807, 2.05) is 0 Å². The summed E-state index contributed by atoms with van der Waals surface area (Å²) in [6, 6.07) is 8.15. The van der Waals surface area contributed by atoms with Crippen LogP contribution in [-0.4, -0.2) is 49.5 Å². The monoisotopic (exact) mass is 497 g/mol. The number of fused-ring (bicyclic) bond motifs is 1. The number of halogens is 1. The third kappa shape index (κ3) is 4.98. The number of sulfonamides is 1. The number of pyridine rings is 1. The minimum Gasteiger partial charge on any atom is -0.422 e. The van der Waals surface area contributed by atoms with Crippen molar-refractivity contribution in [2.24, 2.45) is 0 Å². The molecular weight excluding hydrogens is 481 g/mol. The first-order valence-corrected chi connectivity index (χ1v) is 13.6. The van der Waals surface area contributed by atoms with Gasteiger partial charge in [0.2, 0.25) is 27.8 Å². The Labute approximate surface area is 186 Å². The molecule has 0 aliphatic carbocycles. The van der Waals surface area contributed by atoms with Crippen LogP contribution in [0.4, 0.5) is 4.39 Å². The third-order valence-corrected chi connectivity index (χ3v) is 7.49. The lowest BCUT2D eigenvalue weighted by molar-refractivity contribution is 0.444.